The fourth-order valence-electron chi connectivity index (χ4n) is 6.14. The van der Waals surface area contributed by atoms with Crippen LogP contribution in [0.4, 0.5) is 0 Å². The quantitative estimate of drug-likeness (QED) is 0.210. The first-order valence-electron chi connectivity index (χ1n) is 14.7. The summed E-state index contributed by atoms with van der Waals surface area (Å²) in [5.41, 5.74) is 5.57. The number of hydrogen-bond donors (Lipinski definition) is 1. The Morgan fingerprint density at radius 1 is 0.860 bits per heavy atom. The van der Waals surface area contributed by atoms with Crippen LogP contribution in [0.5, 0.6) is 5.75 Å². The minimum Gasteiger partial charge on any atom is -0.487 e. The third kappa shape index (κ3) is 5.56. The fourth-order valence-corrected chi connectivity index (χ4v) is 6.14. The zero-order valence-corrected chi connectivity index (χ0v) is 23.6. The van der Waals surface area contributed by atoms with E-state index in [2.05, 4.69) is 32.7 Å². The number of aromatic nitrogens is 5. The molecule has 7 rings (SSSR count). The van der Waals surface area contributed by atoms with Crippen molar-refractivity contribution in [1.82, 2.24) is 24.5 Å². The highest BCUT2D eigenvalue weighted by molar-refractivity contribution is 5.79. The maximum atomic E-state index is 12.3. The summed E-state index contributed by atoms with van der Waals surface area (Å²) in [7, 11) is 0. The fraction of sp³-hybridized carbons (Fsp3) is 0.229. The van der Waals surface area contributed by atoms with Crippen LogP contribution in [-0.4, -0.2) is 35.6 Å². The van der Waals surface area contributed by atoms with Gasteiger partial charge >= 0.3 is 5.97 Å². The van der Waals surface area contributed by atoms with E-state index >= 15 is 0 Å². The van der Waals surface area contributed by atoms with E-state index in [1.54, 1.807) is 18.5 Å². The molecule has 1 aliphatic carbocycles. The van der Waals surface area contributed by atoms with Crippen molar-refractivity contribution in [2.24, 2.45) is 5.92 Å². The van der Waals surface area contributed by atoms with E-state index in [1.807, 2.05) is 60.7 Å². The summed E-state index contributed by atoms with van der Waals surface area (Å²) >= 11 is 0. The van der Waals surface area contributed by atoms with Crippen molar-refractivity contribution in [2.45, 2.75) is 44.8 Å². The summed E-state index contributed by atoms with van der Waals surface area (Å²) in [6.07, 6.45) is 6.87. The van der Waals surface area contributed by atoms with Gasteiger partial charge in [-0.15, -0.1) is 0 Å². The van der Waals surface area contributed by atoms with Gasteiger partial charge in [0.15, 0.2) is 5.82 Å². The number of hydrogen-bond acceptors (Lipinski definition) is 6. The maximum Gasteiger partial charge on any atom is 0.307 e. The number of fused-ring (bicyclic) bond motifs is 2. The van der Waals surface area contributed by atoms with Crippen LogP contribution in [0.3, 0.4) is 0 Å². The number of carboxylic acid groups (broad SMARTS) is 1. The van der Waals surface area contributed by atoms with Crippen molar-refractivity contribution in [3.63, 3.8) is 0 Å². The Kier molecular flexibility index (Phi) is 7.25. The van der Waals surface area contributed by atoms with Crippen LogP contribution in [0.1, 0.15) is 48.7 Å². The van der Waals surface area contributed by atoms with E-state index in [9.17, 15) is 9.90 Å². The molecule has 3 aromatic heterocycles. The number of pyridine rings is 1. The topological polar surface area (TPSA) is 103 Å². The molecule has 0 bridgehead atoms. The third-order valence-corrected chi connectivity index (χ3v) is 8.33. The second kappa shape index (κ2) is 11.6. The first-order valence-corrected chi connectivity index (χ1v) is 14.7. The summed E-state index contributed by atoms with van der Waals surface area (Å²) in [6, 6.07) is 28.0. The molecule has 3 heterocycles. The second-order valence-corrected chi connectivity index (χ2v) is 11.1. The van der Waals surface area contributed by atoms with E-state index in [1.165, 1.54) is 0 Å². The number of nitrogens with zero attached hydrogens (tertiary/aromatic N) is 5. The number of aliphatic carboxylic acids is 1. The van der Waals surface area contributed by atoms with E-state index in [4.69, 9.17) is 14.7 Å². The molecule has 3 aromatic carbocycles. The molecule has 8 nitrogen and oxygen atoms in total. The molecular formula is C35H31N5O3. The van der Waals surface area contributed by atoms with Gasteiger partial charge in [-0.25, -0.2) is 19.9 Å². The van der Waals surface area contributed by atoms with Gasteiger partial charge in [-0.1, -0.05) is 61.4 Å². The molecular weight excluding hydrogens is 538 g/mol. The Morgan fingerprint density at radius 2 is 1.67 bits per heavy atom. The molecule has 0 spiro atoms. The van der Waals surface area contributed by atoms with E-state index in [0.717, 1.165) is 63.8 Å². The van der Waals surface area contributed by atoms with Gasteiger partial charge in [-0.3, -0.25) is 4.79 Å². The lowest BCUT2D eigenvalue weighted by molar-refractivity contribution is -0.143. The van der Waals surface area contributed by atoms with Gasteiger partial charge in [0.05, 0.1) is 28.2 Å². The van der Waals surface area contributed by atoms with Crippen molar-refractivity contribution >= 4 is 27.9 Å². The van der Waals surface area contributed by atoms with Crippen molar-refractivity contribution in [3.05, 3.63) is 114 Å². The second-order valence-electron chi connectivity index (χ2n) is 11.1. The number of carbonyl (C=O) groups is 1. The Morgan fingerprint density at radius 3 is 2.51 bits per heavy atom. The van der Waals surface area contributed by atoms with Crippen LogP contribution < -0.4 is 4.74 Å². The van der Waals surface area contributed by atoms with Crippen molar-refractivity contribution in [1.29, 1.82) is 0 Å². The summed E-state index contributed by atoms with van der Waals surface area (Å²) in [6.45, 7) is 0.914. The SMILES string of the molecule is O=C(O)[C@H]1CCCCC1c1nc2cc(OCc3ccc4ccccc4n3)ccc2n1Cc1ccc(-c2ncccn2)cc1. The van der Waals surface area contributed by atoms with Crippen LogP contribution in [0.15, 0.2) is 97.3 Å². The summed E-state index contributed by atoms with van der Waals surface area (Å²) in [5.74, 6) is 0.858. The van der Waals surface area contributed by atoms with Gasteiger partial charge in [0.1, 0.15) is 18.2 Å². The number of para-hydroxylation sites is 1. The van der Waals surface area contributed by atoms with Crippen LogP contribution in [0, 0.1) is 5.92 Å². The molecule has 1 aliphatic rings. The molecule has 0 amide bonds. The normalized spacial score (nSPS) is 16.8. The lowest BCUT2D eigenvalue weighted by atomic mass is 9.78. The van der Waals surface area contributed by atoms with Crippen molar-refractivity contribution in [3.8, 4) is 17.1 Å². The standard InChI is InChI=1S/C35H31N5O3/c41-35(42)29-8-3-2-7-28(29)34-39-31-20-27(43-22-26-15-14-24-6-1-4-9-30(24)38-26)16-17-32(31)40(34)21-23-10-12-25(13-11-23)33-36-18-5-19-37-33/h1,4-6,9-20,28-29H,2-3,7-8,21-22H2,(H,41,42)/t28?,29-/m0/s1. The lowest BCUT2D eigenvalue weighted by Gasteiger charge is -2.28. The van der Waals surface area contributed by atoms with Crippen molar-refractivity contribution < 1.29 is 14.6 Å². The van der Waals surface area contributed by atoms with E-state index in [0.29, 0.717) is 31.1 Å². The van der Waals surface area contributed by atoms with Crippen LogP contribution in [0.25, 0.3) is 33.3 Å². The van der Waals surface area contributed by atoms with Gasteiger partial charge in [0, 0.05) is 41.9 Å². The average Bonchev–Trinajstić information content (AvgIpc) is 3.41. The summed E-state index contributed by atoms with van der Waals surface area (Å²) in [4.78, 5) is 30.8. The summed E-state index contributed by atoms with van der Waals surface area (Å²) < 4.78 is 8.34. The predicted octanol–water partition coefficient (Wildman–Crippen LogP) is 7.03. The smallest absolute Gasteiger partial charge is 0.307 e. The van der Waals surface area contributed by atoms with Crippen LogP contribution >= 0.6 is 0 Å². The molecule has 1 saturated carbocycles. The highest BCUT2D eigenvalue weighted by Gasteiger charge is 2.35. The minimum absolute atomic E-state index is 0.151. The lowest BCUT2D eigenvalue weighted by Crippen LogP contribution is -2.27. The highest BCUT2D eigenvalue weighted by Crippen LogP contribution is 2.39. The molecule has 1 unspecified atom stereocenters. The molecule has 214 valence electrons. The van der Waals surface area contributed by atoms with Gasteiger partial charge in [0.25, 0.3) is 0 Å². The molecule has 6 aromatic rings. The molecule has 43 heavy (non-hydrogen) atoms. The molecule has 1 N–H and O–H groups in total. The zero-order valence-electron chi connectivity index (χ0n) is 23.6. The van der Waals surface area contributed by atoms with Gasteiger partial charge in [0.2, 0.25) is 0 Å². The molecule has 2 atom stereocenters. The van der Waals surface area contributed by atoms with Gasteiger partial charge in [-0.05, 0) is 48.7 Å². The average molecular weight is 570 g/mol. The first kappa shape index (κ1) is 26.8. The first-order chi connectivity index (χ1) is 21.1. The van der Waals surface area contributed by atoms with Crippen LogP contribution in [-0.2, 0) is 17.9 Å². The number of benzene rings is 3. The Bertz CT molecular complexity index is 1900. The number of rotatable bonds is 8. The zero-order chi connectivity index (χ0) is 29.2. The van der Waals surface area contributed by atoms with E-state index in [-0.39, 0.29) is 5.92 Å². The molecule has 0 radical (unpaired) electrons. The largest absolute Gasteiger partial charge is 0.487 e. The number of imidazole rings is 1. The molecule has 1 fully saturated rings. The monoisotopic (exact) mass is 569 g/mol. The number of ether oxygens (including phenoxy) is 1. The maximum absolute atomic E-state index is 12.3. The van der Waals surface area contributed by atoms with Crippen LogP contribution in [0.2, 0.25) is 0 Å². The van der Waals surface area contributed by atoms with Gasteiger partial charge < -0.3 is 14.4 Å². The molecule has 0 saturated heterocycles. The minimum atomic E-state index is -0.748. The Balaban J connectivity index is 1.20. The van der Waals surface area contributed by atoms with E-state index < -0.39 is 11.9 Å². The third-order valence-electron chi connectivity index (χ3n) is 8.33. The Labute approximate surface area is 249 Å². The highest BCUT2D eigenvalue weighted by atomic mass is 16.5. The predicted molar refractivity (Wildman–Crippen MR) is 165 cm³/mol. The summed E-state index contributed by atoms with van der Waals surface area (Å²) in [5, 5.41) is 11.2. The Hall–Kier alpha value is -5.11. The molecule has 8 heteroatoms. The molecule has 0 aliphatic heterocycles. The van der Waals surface area contributed by atoms with Crippen molar-refractivity contribution in [2.75, 3.05) is 0 Å². The number of carboxylic acids is 1. The van der Waals surface area contributed by atoms with Gasteiger partial charge in [-0.2, -0.15) is 0 Å².